The van der Waals surface area contributed by atoms with Crippen molar-refractivity contribution in [1.82, 2.24) is 19.6 Å². The van der Waals surface area contributed by atoms with E-state index in [4.69, 9.17) is 4.42 Å². The lowest BCUT2D eigenvalue weighted by Crippen LogP contribution is -2.31. The van der Waals surface area contributed by atoms with E-state index in [2.05, 4.69) is 54.8 Å². The number of allylic oxidation sites excluding steroid dienone is 1. The highest BCUT2D eigenvalue weighted by molar-refractivity contribution is 5.16. The summed E-state index contributed by atoms with van der Waals surface area (Å²) in [6, 6.07) is 4.08. The Kier molecular flexibility index (Phi) is 6.19. The fourth-order valence-electron chi connectivity index (χ4n) is 2.53. The van der Waals surface area contributed by atoms with Crippen LogP contribution in [0.5, 0.6) is 0 Å². The van der Waals surface area contributed by atoms with E-state index in [0.717, 1.165) is 49.9 Å². The monoisotopic (exact) mass is 316 g/mol. The van der Waals surface area contributed by atoms with Crippen LogP contribution in [0.1, 0.15) is 22.8 Å². The second-order valence-electron chi connectivity index (χ2n) is 6.28. The highest BCUT2D eigenvalue weighted by Gasteiger charge is 2.13. The van der Waals surface area contributed by atoms with Gasteiger partial charge in [-0.2, -0.15) is 5.10 Å². The van der Waals surface area contributed by atoms with E-state index in [0.29, 0.717) is 0 Å². The molecule has 0 atom stereocenters. The largest absolute Gasteiger partial charge is 0.465 e. The van der Waals surface area contributed by atoms with Crippen molar-refractivity contribution in [3.05, 3.63) is 53.8 Å². The van der Waals surface area contributed by atoms with Crippen LogP contribution in [-0.2, 0) is 19.6 Å². The predicted molar refractivity (Wildman–Crippen MR) is 93.3 cm³/mol. The Hall–Kier alpha value is -1.85. The first-order valence-electron chi connectivity index (χ1n) is 8.04. The third-order valence-electron chi connectivity index (χ3n) is 3.80. The molecule has 0 spiro atoms. The van der Waals surface area contributed by atoms with Crippen molar-refractivity contribution in [2.75, 3.05) is 27.2 Å². The first kappa shape index (κ1) is 17.5. The van der Waals surface area contributed by atoms with Gasteiger partial charge in [0.15, 0.2) is 0 Å². The fraction of sp³-hybridized carbons (Fsp3) is 0.500. The van der Waals surface area contributed by atoms with Gasteiger partial charge in [0.2, 0.25) is 0 Å². The van der Waals surface area contributed by atoms with Crippen molar-refractivity contribution < 1.29 is 4.42 Å². The van der Waals surface area contributed by atoms with Gasteiger partial charge in [-0.3, -0.25) is 9.58 Å². The summed E-state index contributed by atoms with van der Waals surface area (Å²) in [5, 5.41) is 4.54. The smallest absolute Gasteiger partial charge is 0.118 e. The van der Waals surface area contributed by atoms with Gasteiger partial charge in [0.05, 0.1) is 18.8 Å². The summed E-state index contributed by atoms with van der Waals surface area (Å²) >= 11 is 0. The van der Waals surface area contributed by atoms with Crippen LogP contribution in [0.3, 0.4) is 0 Å². The first-order chi connectivity index (χ1) is 11.0. The normalized spacial score (nSPS) is 11.6. The Morgan fingerprint density at radius 2 is 2.00 bits per heavy atom. The average molecular weight is 316 g/mol. The van der Waals surface area contributed by atoms with Crippen molar-refractivity contribution >= 4 is 0 Å². The van der Waals surface area contributed by atoms with E-state index < -0.39 is 0 Å². The zero-order valence-corrected chi connectivity index (χ0v) is 14.7. The standard InChI is InChI=1S/C18H28N4O/c1-6-9-22-13-17(16(3)19-22)12-21(11-10-20(4)5)14-18-8-7-15(2)23-18/h6-8,13H,1,9-12,14H2,2-5H3. The summed E-state index contributed by atoms with van der Waals surface area (Å²) in [5.74, 6) is 1.97. The number of hydrogen-bond acceptors (Lipinski definition) is 4. The molecule has 0 bridgehead atoms. The number of nitrogens with zero attached hydrogens (tertiary/aromatic N) is 4. The van der Waals surface area contributed by atoms with Crippen LogP contribution in [0, 0.1) is 13.8 Å². The van der Waals surface area contributed by atoms with Gasteiger partial charge in [-0.15, -0.1) is 6.58 Å². The third-order valence-corrected chi connectivity index (χ3v) is 3.80. The molecule has 0 fully saturated rings. The maximum atomic E-state index is 5.74. The third kappa shape index (κ3) is 5.37. The lowest BCUT2D eigenvalue weighted by molar-refractivity contribution is 0.209. The Bertz CT molecular complexity index is 627. The van der Waals surface area contributed by atoms with Gasteiger partial charge in [-0.05, 0) is 40.1 Å². The molecule has 0 unspecified atom stereocenters. The Morgan fingerprint density at radius 1 is 1.22 bits per heavy atom. The molecule has 0 aliphatic heterocycles. The molecule has 126 valence electrons. The molecule has 5 nitrogen and oxygen atoms in total. The lowest BCUT2D eigenvalue weighted by atomic mass is 10.2. The second-order valence-corrected chi connectivity index (χ2v) is 6.28. The van der Waals surface area contributed by atoms with Gasteiger partial charge >= 0.3 is 0 Å². The Labute approximate surface area is 139 Å². The van der Waals surface area contributed by atoms with E-state index in [1.807, 2.05) is 23.7 Å². The van der Waals surface area contributed by atoms with E-state index in [1.165, 1.54) is 5.56 Å². The molecule has 23 heavy (non-hydrogen) atoms. The lowest BCUT2D eigenvalue weighted by Gasteiger charge is -2.23. The van der Waals surface area contributed by atoms with Crippen LogP contribution in [0.15, 0.2) is 35.4 Å². The zero-order chi connectivity index (χ0) is 16.8. The molecule has 0 aliphatic rings. The minimum Gasteiger partial charge on any atom is -0.465 e. The fourth-order valence-corrected chi connectivity index (χ4v) is 2.53. The topological polar surface area (TPSA) is 37.4 Å². The van der Waals surface area contributed by atoms with E-state index in [9.17, 15) is 0 Å². The van der Waals surface area contributed by atoms with Crippen LogP contribution >= 0.6 is 0 Å². The van der Waals surface area contributed by atoms with E-state index in [-0.39, 0.29) is 0 Å². The number of aryl methyl sites for hydroxylation is 2. The Morgan fingerprint density at radius 3 is 2.61 bits per heavy atom. The van der Waals surface area contributed by atoms with Gasteiger partial charge in [-0.25, -0.2) is 0 Å². The molecule has 0 amide bonds. The van der Waals surface area contributed by atoms with Crippen LogP contribution < -0.4 is 0 Å². The summed E-state index contributed by atoms with van der Waals surface area (Å²) in [5.41, 5.74) is 2.34. The highest BCUT2D eigenvalue weighted by atomic mass is 16.3. The number of rotatable bonds is 9. The van der Waals surface area contributed by atoms with Crippen LogP contribution in [-0.4, -0.2) is 46.8 Å². The molecule has 2 aromatic heterocycles. The predicted octanol–water partition coefficient (Wildman–Crippen LogP) is 2.84. The number of hydrogen-bond donors (Lipinski definition) is 0. The van der Waals surface area contributed by atoms with Crippen molar-refractivity contribution in [3.63, 3.8) is 0 Å². The second kappa shape index (κ2) is 8.13. The van der Waals surface area contributed by atoms with Crippen LogP contribution in [0.25, 0.3) is 0 Å². The maximum Gasteiger partial charge on any atom is 0.118 e. The molecule has 0 aliphatic carbocycles. The minimum atomic E-state index is 0.746. The van der Waals surface area contributed by atoms with Gasteiger partial charge in [0, 0.05) is 31.4 Å². The molecule has 2 heterocycles. The summed E-state index contributed by atoms with van der Waals surface area (Å²) in [6.45, 7) is 12.3. The molecule has 0 aromatic carbocycles. The minimum absolute atomic E-state index is 0.746. The molecular weight excluding hydrogens is 288 g/mol. The molecule has 0 N–H and O–H groups in total. The van der Waals surface area contributed by atoms with Gasteiger partial charge in [-0.1, -0.05) is 6.08 Å². The summed E-state index contributed by atoms with van der Waals surface area (Å²) in [6.07, 6.45) is 3.98. The molecular formula is C18H28N4O. The quantitative estimate of drug-likeness (QED) is 0.667. The van der Waals surface area contributed by atoms with Crippen molar-refractivity contribution in [1.29, 1.82) is 0 Å². The first-order valence-corrected chi connectivity index (χ1v) is 8.04. The SMILES string of the molecule is C=CCn1cc(CN(CCN(C)C)Cc2ccc(C)o2)c(C)n1. The van der Waals surface area contributed by atoms with Gasteiger partial charge < -0.3 is 9.32 Å². The van der Waals surface area contributed by atoms with Crippen molar-refractivity contribution in [2.45, 2.75) is 33.5 Å². The van der Waals surface area contributed by atoms with E-state index >= 15 is 0 Å². The zero-order valence-electron chi connectivity index (χ0n) is 14.7. The summed E-state index contributed by atoms with van der Waals surface area (Å²) in [4.78, 5) is 4.61. The summed E-state index contributed by atoms with van der Waals surface area (Å²) < 4.78 is 7.69. The van der Waals surface area contributed by atoms with E-state index in [1.54, 1.807) is 0 Å². The molecule has 2 rings (SSSR count). The molecule has 0 saturated heterocycles. The average Bonchev–Trinajstić information content (AvgIpc) is 3.03. The van der Waals surface area contributed by atoms with Crippen molar-refractivity contribution in [3.8, 4) is 0 Å². The van der Waals surface area contributed by atoms with Crippen molar-refractivity contribution in [2.24, 2.45) is 0 Å². The maximum absolute atomic E-state index is 5.74. The highest BCUT2D eigenvalue weighted by Crippen LogP contribution is 2.14. The number of likely N-dealkylation sites (N-methyl/N-ethyl adjacent to an activating group) is 1. The Balaban J connectivity index is 2.08. The van der Waals surface area contributed by atoms with Gasteiger partial charge in [0.1, 0.15) is 11.5 Å². The number of furan rings is 1. The molecule has 2 aromatic rings. The van der Waals surface area contributed by atoms with Crippen LogP contribution in [0.4, 0.5) is 0 Å². The van der Waals surface area contributed by atoms with Gasteiger partial charge in [0.25, 0.3) is 0 Å². The van der Waals surface area contributed by atoms with Crippen LogP contribution in [0.2, 0.25) is 0 Å². The molecule has 0 saturated carbocycles. The molecule has 0 radical (unpaired) electrons. The summed E-state index contributed by atoms with van der Waals surface area (Å²) in [7, 11) is 4.20. The molecule has 5 heteroatoms. The number of aromatic nitrogens is 2.